The molecule has 0 radical (unpaired) electrons. The van der Waals surface area contributed by atoms with Crippen molar-refractivity contribution in [3.63, 3.8) is 0 Å². The Balaban J connectivity index is 1.54. The summed E-state index contributed by atoms with van der Waals surface area (Å²) in [6.07, 6.45) is 4.70. The molecule has 1 aliphatic rings. The molecule has 0 unspecified atom stereocenters. The Labute approximate surface area is 174 Å². The summed E-state index contributed by atoms with van der Waals surface area (Å²) in [5, 5.41) is 8.91. The molecule has 1 fully saturated rings. The van der Waals surface area contributed by atoms with E-state index in [1.165, 1.54) is 17.5 Å². The van der Waals surface area contributed by atoms with Gasteiger partial charge in [-0.2, -0.15) is 0 Å². The van der Waals surface area contributed by atoms with Crippen LogP contribution < -0.4 is 0 Å². The maximum atomic E-state index is 10.8. The average molecular weight is 396 g/mol. The second kappa shape index (κ2) is 10.6. The van der Waals surface area contributed by atoms with Crippen LogP contribution in [0.4, 0.5) is 0 Å². The van der Waals surface area contributed by atoms with E-state index in [4.69, 9.17) is 9.84 Å². The van der Waals surface area contributed by atoms with E-state index in [0.29, 0.717) is 0 Å². The molecule has 4 nitrogen and oxygen atoms in total. The molecule has 0 bridgehead atoms. The Morgan fingerprint density at radius 3 is 2.28 bits per heavy atom. The lowest BCUT2D eigenvalue weighted by molar-refractivity contribution is -0.136. The molecule has 156 valence electrons. The lowest BCUT2D eigenvalue weighted by Gasteiger charge is -2.42. The van der Waals surface area contributed by atoms with Gasteiger partial charge in [0.15, 0.2) is 0 Å². The topological polar surface area (TPSA) is 49.8 Å². The number of carboxylic acid groups (broad SMARTS) is 1. The van der Waals surface area contributed by atoms with Crippen LogP contribution in [-0.2, 0) is 28.9 Å². The number of benzene rings is 2. The molecule has 0 atom stereocenters. The van der Waals surface area contributed by atoms with E-state index in [-0.39, 0.29) is 11.8 Å². The Bertz CT molecular complexity index is 749. The van der Waals surface area contributed by atoms with Gasteiger partial charge in [-0.05, 0) is 67.8 Å². The highest BCUT2D eigenvalue weighted by molar-refractivity contribution is 5.70. The molecule has 0 aliphatic carbocycles. The first-order valence-electron chi connectivity index (χ1n) is 10.7. The minimum Gasteiger partial charge on any atom is -0.481 e. The van der Waals surface area contributed by atoms with Gasteiger partial charge in [-0.15, -0.1) is 0 Å². The van der Waals surface area contributed by atoms with Crippen molar-refractivity contribution in [1.82, 2.24) is 4.90 Å². The number of carboxylic acids is 1. The largest absolute Gasteiger partial charge is 0.481 e. The average Bonchev–Trinajstić information content (AvgIpc) is 2.74. The summed E-state index contributed by atoms with van der Waals surface area (Å²) in [6, 6.07) is 18.8. The molecule has 29 heavy (non-hydrogen) atoms. The molecule has 0 amide bonds. The molecule has 2 aromatic carbocycles. The van der Waals surface area contributed by atoms with Crippen LogP contribution in [0.1, 0.15) is 42.9 Å². The summed E-state index contributed by atoms with van der Waals surface area (Å²) in [4.78, 5) is 13.3. The third-order valence-corrected chi connectivity index (χ3v) is 6.10. The standard InChI is InChI=1S/C25H33NO3/c1-2-29-20-25(13-12-21-6-4-3-5-7-21)14-16-26(17-15-25)19-23-10-8-22(9-11-23)18-24(27)28/h3-11H,2,12-20H2,1H3,(H,27,28). The molecule has 0 spiro atoms. The van der Waals surface area contributed by atoms with E-state index < -0.39 is 5.97 Å². The van der Waals surface area contributed by atoms with Crippen molar-refractivity contribution >= 4 is 5.97 Å². The molecule has 2 aromatic rings. The fraction of sp³-hybridized carbons (Fsp3) is 0.480. The first kappa shape index (κ1) is 21.5. The highest BCUT2D eigenvalue weighted by atomic mass is 16.5. The van der Waals surface area contributed by atoms with Gasteiger partial charge in [0.25, 0.3) is 0 Å². The fourth-order valence-corrected chi connectivity index (χ4v) is 4.22. The van der Waals surface area contributed by atoms with Crippen molar-refractivity contribution in [1.29, 1.82) is 0 Å². The molecule has 3 rings (SSSR count). The van der Waals surface area contributed by atoms with Crippen LogP contribution in [0.5, 0.6) is 0 Å². The van der Waals surface area contributed by atoms with Crippen LogP contribution in [0, 0.1) is 5.41 Å². The Hall–Kier alpha value is -2.17. The number of rotatable bonds is 10. The maximum absolute atomic E-state index is 10.8. The number of hydrogen-bond acceptors (Lipinski definition) is 3. The number of nitrogens with zero attached hydrogens (tertiary/aromatic N) is 1. The van der Waals surface area contributed by atoms with Crippen molar-refractivity contribution < 1.29 is 14.6 Å². The third-order valence-electron chi connectivity index (χ3n) is 6.10. The molecule has 1 heterocycles. The number of aliphatic carboxylic acids is 1. The monoisotopic (exact) mass is 395 g/mol. The lowest BCUT2D eigenvalue weighted by atomic mass is 9.74. The van der Waals surface area contributed by atoms with Gasteiger partial charge in [0.2, 0.25) is 0 Å². The summed E-state index contributed by atoms with van der Waals surface area (Å²) in [5.74, 6) is -0.782. The molecule has 1 saturated heterocycles. The Kier molecular flexibility index (Phi) is 7.84. The quantitative estimate of drug-likeness (QED) is 0.640. The van der Waals surface area contributed by atoms with E-state index in [1.807, 2.05) is 12.1 Å². The van der Waals surface area contributed by atoms with Gasteiger partial charge in [0, 0.05) is 13.2 Å². The summed E-state index contributed by atoms with van der Waals surface area (Å²) in [5.41, 5.74) is 3.79. The first-order valence-corrected chi connectivity index (χ1v) is 10.7. The SMILES string of the molecule is CCOCC1(CCc2ccccc2)CCN(Cc2ccc(CC(=O)O)cc2)CC1. The summed E-state index contributed by atoms with van der Waals surface area (Å²) in [7, 11) is 0. The molecule has 1 aliphatic heterocycles. The summed E-state index contributed by atoms with van der Waals surface area (Å²) < 4.78 is 5.90. The summed E-state index contributed by atoms with van der Waals surface area (Å²) >= 11 is 0. The number of aryl methyl sites for hydroxylation is 1. The van der Waals surface area contributed by atoms with Gasteiger partial charge in [0.05, 0.1) is 13.0 Å². The van der Waals surface area contributed by atoms with Crippen LogP contribution in [0.2, 0.25) is 0 Å². The van der Waals surface area contributed by atoms with Crippen LogP contribution in [-0.4, -0.2) is 42.3 Å². The number of piperidine rings is 1. The van der Waals surface area contributed by atoms with Crippen molar-refractivity contribution in [3.05, 3.63) is 71.3 Å². The number of ether oxygens (including phenoxy) is 1. The van der Waals surface area contributed by atoms with Gasteiger partial charge in [-0.3, -0.25) is 9.69 Å². The van der Waals surface area contributed by atoms with E-state index in [0.717, 1.165) is 57.7 Å². The molecule has 1 N–H and O–H groups in total. The van der Waals surface area contributed by atoms with Crippen molar-refractivity contribution in [2.75, 3.05) is 26.3 Å². The number of carbonyl (C=O) groups is 1. The second-order valence-electron chi connectivity index (χ2n) is 8.29. The summed E-state index contributed by atoms with van der Waals surface area (Å²) in [6.45, 7) is 6.80. The van der Waals surface area contributed by atoms with Crippen molar-refractivity contribution in [3.8, 4) is 0 Å². The van der Waals surface area contributed by atoms with Gasteiger partial charge in [-0.25, -0.2) is 0 Å². The van der Waals surface area contributed by atoms with Crippen LogP contribution in [0.25, 0.3) is 0 Å². The maximum Gasteiger partial charge on any atom is 0.307 e. The number of hydrogen-bond donors (Lipinski definition) is 1. The first-order chi connectivity index (χ1) is 14.1. The molecular formula is C25H33NO3. The lowest BCUT2D eigenvalue weighted by Crippen LogP contribution is -2.42. The molecule has 0 aromatic heterocycles. The van der Waals surface area contributed by atoms with E-state index in [1.54, 1.807) is 0 Å². The van der Waals surface area contributed by atoms with Crippen molar-refractivity contribution in [2.45, 2.75) is 45.6 Å². The predicted octanol–water partition coefficient (Wildman–Crippen LogP) is 4.57. The van der Waals surface area contributed by atoms with Gasteiger partial charge >= 0.3 is 5.97 Å². The van der Waals surface area contributed by atoms with E-state index in [2.05, 4.69) is 54.3 Å². The van der Waals surface area contributed by atoms with Crippen LogP contribution in [0.15, 0.2) is 54.6 Å². The van der Waals surface area contributed by atoms with Gasteiger partial charge in [-0.1, -0.05) is 54.6 Å². The van der Waals surface area contributed by atoms with Gasteiger partial charge in [0.1, 0.15) is 0 Å². The minimum atomic E-state index is -0.782. The van der Waals surface area contributed by atoms with E-state index in [9.17, 15) is 4.79 Å². The Morgan fingerprint density at radius 2 is 1.66 bits per heavy atom. The number of likely N-dealkylation sites (tertiary alicyclic amines) is 1. The highest BCUT2D eigenvalue weighted by Crippen LogP contribution is 2.37. The van der Waals surface area contributed by atoms with Gasteiger partial charge < -0.3 is 9.84 Å². The molecular weight excluding hydrogens is 362 g/mol. The minimum absolute atomic E-state index is 0.0886. The predicted molar refractivity (Wildman–Crippen MR) is 116 cm³/mol. The van der Waals surface area contributed by atoms with E-state index >= 15 is 0 Å². The zero-order chi connectivity index (χ0) is 20.5. The zero-order valence-electron chi connectivity index (χ0n) is 17.5. The Morgan fingerprint density at radius 1 is 1.00 bits per heavy atom. The fourth-order valence-electron chi connectivity index (χ4n) is 4.22. The van der Waals surface area contributed by atoms with Crippen molar-refractivity contribution in [2.24, 2.45) is 5.41 Å². The third kappa shape index (κ3) is 6.69. The molecule has 0 saturated carbocycles. The zero-order valence-corrected chi connectivity index (χ0v) is 17.5. The van der Waals surface area contributed by atoms with Crippen LogP contribution in [0.3, 0.4) is 0 Å². The molecule has 4 heteroatoms. The van der Waals surface area contributed by atoms with Crippen LogP contribution >= 0.6 is 0 Å². The smallest absolute Gasteiger partial charge is 0.307 e. The second-order valence-corrected chi connectivity index (χ2v) is 8.29. The highest BCUT2D eigenvalue weighted by Gasteiger charge is 2.34. The normalized spacial score (nSPS) is 16.6.